The van der Waals surface area contributed by atoms with E-state index in [1.165, 1.54) is 32.4 Å². The van der Waals surface area contributed by atoms with E-state index in [0.717, 1.165) is 18.6 Å². The minimum atomic E-state index is 0.755. The lowest BCUT2D eigenvalue weighted by molar-refractivity contribution is 0.141. The number of hydrogen-bond donors (Lipinski definition) is 0. The first kappa shape index (κ1) is 11.0. The molecule has 2 nitrogen and oxygen atoms in total. The Hall–Kier alpha value is -0.0800. The quantitative estimate of drug-likeness (QED) is 0.650. The molecule has 13 heavy (non-hydrogen) atoms. The van der Waals surface area contributed by atoms with Gasteiger partial charge < -0.3 is 9.64 Å². The van der Waals surface area contributed by atoms with Crippen molar-refractivity contribution in [1.29, 1.82) is 0 Å². The Morgan fingerprint density at radius 1 is 1.54 bits per heavy atom. The molecule has 2 atom stereocenters. The van der Waals surface area contributed by atoms with Crippen molar-refractivity contribution < 1.29 is 4.74 Å². The van der Waals surface area contributed by atoms with E-state index in [0.29, 0.717) is 0 Å². The summed E-state index contributed by atoms with van der Waals surface area (Å²) < 4.78 is 5.13. The van der Waals surface area contributed by atoms with Crippen LogP contribution >= 0.6 is 0 Å². The van der Waals surface area contributed by atoms with Crippen LogP contribution in [0.2, 0.25) is 0 Å². The van der Waals surface area contributed by atoms with Gasteiger partial charge in [0.1, 0.15) is 0 Å². The number of hydrogen-bond acceptors (Lipinski definition) is 2. The molecule has 78 valence electrons. The van der Waals surface area contributed by atoms with Crippen molar-refractivity contribution in [3.63, 3.8) is 0 Å². The molecule has 2 heteroatoms. The summed E-state index contributed by atoms with van der Waals surface area (Å²) in [4.78, 5) is 2.63. The predicted molar refractivity (Wildman–Crippen MR) is 55.9 cm³/mol. The Morgan fingerprint density at radius 2 is 2.31 bits per heavy atom. The summed E-state index contributed by atoms with van der Waals surface area (Å²) in [5.41, 5.74) is 0. The van der Waals surface area contributed by atoms with Gasteiger partial charge in [-0.15, -0.1) is 0 Å². The van der Waals surface area contributed by atoms with Crippen molar-refractivity contribution in [1.82, 2.24) is 4.90 Å². The second-order valence-corrected chi connectivity index (χ2v) is 4.23. The lowest BCUT2D eigenvalue weighted by Crippen LogP contribution is -2.33. The van der Waals surface area contributed by atoms with Crippen LogP contribution in [-0.4, -0.2) is 37.7 Å². The fourth-order valence-electron chi connectivity index (χ4n) is 2.20. The van der Waals surface area contributed by atoms with Gasteiger partial charge in [0.05, 0.1) is 0 Å². The van der Waals surface area contributed by atoms with Crippen LogP contribution in [0.15, 0.2) is 0 Å². The zero-order chi connectivity index (χ0) is 9.68. The zero-order valence-corrected chi connectivity index (χ0v) is 9.25. The van der Waals surface area contributed by atoms with Crippen LogP contribution in [0.25, 0.3) is 0 Å². The summed E-state index contributed by atoms with van der Waals surface area (Å²) in [6, 6.07) is 0.755. The second-order valence-electron chi connectivity index (χ2n) is 4.23. The highest BCUT2D eigenvalue weighted by atomic mass is 16.5. The van der Waals surface area contributed by atoms with Crippen LogP contribution < -0.4 is 0 Å². The van der Waals surface area contributed by atoms with E-state index < -0.39 is 0 Å². The molecule has 1 unspecified atom stereocenters. The molecule has 1 fully saturated rings. The Kier molecular flexibility index (Phi) is 4.74. The zero-order valence-electron chi connectivity index (χ0n) is 9.25. The molecule has 1 rings (SSSR count). The van der Waals surface area contributed by atoms with E-state index in [9.17, 15) is 0 Å². The summed E-state index contributed by atoms with van der Waals surface area (Å²) in [7, 11) is 1.79. The van der Waals surface area contributed by atoms with Gasteiger partial charge in [-0.25, -0.2) is 0 Å². The normalized spacial score (nSPS) is 26.5. The van der Waals surface area contributed by atoms with Crippen LogP contribution in [0.1, 0.15) is 33.1 Å². The summed E-state index contributed by atoms with van der Waals surface area (Å²) >= 11 is 0. The molecule has 0 radical (unpaired) electrons. The van der Waals surface area contributed by atoms with Gasteiger partial charge >= 0.3 is 0 Å². The molecule has 0 aromatic heterocycles. The predicted octanol–water partition coefficient (Wildman–Crippen LogP) is 2.14. The lowest BCUT2D eigenvalue weighted by Gasteiger charge is -2.26. The molecular formula is C11H23NO. The molecule has 1 saturated heterocycles. The second kappa shape index (κ2) is 5.61. The minimum absolute atomic E-state index is 0.755. The fourth-order valence-corrected chi connectivity index (χ4v) is 2.20. The summed E-state index contributed by atoms with van der Waals surface area (Å²) in [5, 5.41) is 0. The van der Waals surface area contributed by atoms with Crippen LogP contribution in [0.5, 0.6) is 0 Å². The van der Waals surface area contributed by atoms with Gasteiger partial charge in [-0.05, 0) is 31.7 Å². The largest absolute Gasteiger partial charge is 0.385 e. The Morgan fingerprint density at radius 3 is 2.77 bits per heavy atom. The van der Waals surface area contributed by atoms with Gasteiger partial charge in [-0.2, -0.15) is 0 Å². The number of rotatable bonds is 5. The third-order valence-electron chi connectivity index (χ3n) is 3.10. The van der Waals surface area contributed by atoms with Crippen molar-refractivity contribution in [2.45, 2.75) is 39.2 Å². The van der Waals surface area contributed by atoms with Crippen LogP contribution in [-0.2, 0) is 4.74 Å². The maximum absolute atomic E-state index is 5.13. The monoisotopic (exact) mass is 185 g/mol. The van der Waals surface area contributed by atoms with Crippen molar-refractivity contribution in [3.8, 4) is 0 Å². The van der Waals surface area contributed by atoms with E-state index >= 15 is 0 Å². The molecule has 1 heterocycles. The van der Waals surface area contributed by atoms with E-state index in [1.807, 2.05) is 0 Å². The highest BCUT2D eigenvalue weighted by Gasteiger charge is 2.24. The van der Waals surface area contributed by atoms with Gasteiger partial charge in [0.25, 0.3) is 0 Å². The van der Waals surface area contributed by atoms with E-state index in [1.54, 1.807) is 7.11 Å². The van der Waals surface area contributed by atoms with Crippen molar-refractivity contribution in [2.24, 2.45) is 5.92 Å². The van der Waals surface area contributed by atoms with Crippen LogP contribution in [0.3, 0.4) is 0 Å². The summed E-state index contributed by atoms with van der Waals surface area (Å²) in [5.74, 6) is 0.900. The molecule has 1 aliphatic heterocycles. The first-order valence-electron chi connectivity index (χ1n) is 5.51. The van der Waals surface area contributed by atoms with Crippen LogP contribution in [0.4, 0.5) is 0 Å². The van der Waals surface area contributed by atoms with Gasteiger partial charge in [-0.3, -0.25) is 0 Å². The molecule has 0 aromatic carbocycles. The van der Waals surface area contributed by atoms with E-state index in [2.05, 4.69) is 18.7 Å². The van der Waals surface area contributed by atoms with Gasteiger partial charge in [-0.1, -0.05) is 13.8 Å². The summed E-state index contributed by atoms with van der Waals surface area (Å²) in [6.45, 7) is 8.13. The number of methoxy groups -OCH3 is 1. The van der Waals surface area contributed by atoms with Crippen LogP contribution in [0, 0.1) is 5.92 Å². The Labute approximate surface area is 82.3 Å². The molecule has 0 N–H and O–H groups in total. The van der Waals surface area contributed by atoms with E-state index in [4.69, 9.17) is 4.74 Å². The number of likely N-dealkylation sites (tertiary alicyclic amines) is 1. The Bertz CT molecular complexity index is 138. The molecule has 0 bridgehead atoms. The maximum Gasteiger partial charge on any atom is 0.0477 e. The molecule has 0 saturated carbocycles. The van der Waals surface area contributed by atoms with E-state index in [-0.39, 0.29) is 0 Å². The van der Waals surface area contributed by atoms with Gasteiger partial charge in [0, 0.05) is 26.3 Å². The third-order valence-corrected chi connectivity index (χ3v) is 3.10. The standard InChI is InChI=1S/C11H23NO/c1-4-11(6-8-13-3)12-7-5-10(2)9-12/h10-11H,4-9H2,1-3H3/t10-,11?/m0/s1. The van der Waals surface area contributed by atoms with Crippen molar-refractivity contribution in [3.05, 3.63) is 0 Å². The van der Waals surface area contributed by atoms with Gasteiger partial charge in [0.2, 0.25) is 0 Å². The molecule has 0 aromatic rings. The average Bonchev–Trinajstić information content (AvgIpc) is 2.54. The first-order valence-corrected chi connectivity index (χ1v) is 5.51. The lowest BCUT2D eigenvalue weighted by atomic mass is 10.1. The van der Waals surface area contributed by atoms with Crippen molar-refractivity contribution in [2.75, 3.05) is 26.8 Å². The maximum atomic E-state index is 5.13. The van der Waals surface area contributed by atoms with Crippen molar-refractivity contribution >= 4 is 0 Å². The van der Waals surface area contributed by atoms with Gasteiger partial charge in [0.15, 0.2) is 0 Å². The average molecular weight is 185 g/mol. The smallest absolute Gasteiger partial charge is 0.0477 e. The molecule has 0 aliphatic carbocycles. The first-order chi connectivity index (χ1) is 6.27. The molecule has 0 amide bonds. The molecular weight excluding hydrogens is 162 g/mol. The SMILES string of the molecule is CCC(CCOC)N1CC[C@H](C)C1. The minimum Gasteiger partial charge on any atom is -0.385 e. The summed E-state index contributed by atoms with van der Waals surface area (Å²) in [6.07, 6.45) is 3.83. The number of nitrogens with zero attached hydrogens (tertiary/aromatic N) is 1. The number of ether oxygens (including phenoxy) is 1. The molecule has 0 spiro atoms. The molecule has 1 aliphatic rings. The highest BCUT2D eigenvalue weighted by Crippen LogP contribution is 2.20. The third kappa shape index (κ3) is 3.28. The fraction of sp³-hybridized carbons (Fsp3) is 1.00. The highest BCUT2D eigenvalue weighted by molar-refractivity contribution is 4.78. The Balaban J connectivity index is 2.29. The topological polar surface area (TPSA) is 12.5 Å².